The Morgan fingerprint density at radius 2 is 1.69 bits per heavy atom. The predicted molar refractivity (Wildman–Crippen MR) is 69.5 cm³/mol. The summed E-state index contributed by atoms with van der Waals surface area (Å²) < 4.78 is 0. The number of aliphatic hydroxyl groups is 1. The molecule has 1 unspecified atom stereocenters. The maximum absolute atomic E-state index is 9.03. The third-order valence-electron chi connectivity index (χ3n) is 3.62. The molecule has 1 saturated carbocycles. The summed E-state index contributed by atoms with van der Waals surface area (Å²) in [7, 11) is 0. The summed E-state index contributed by atoms with van der Waals surface area (Å²) >= 11 is 0. The van der Waals surface area contributed by atoms with E-state index in [0.717, 1.165) is 6.54 Å². The Morgan fingerprint density at radius 1 is 1.19 bits per heavy atom. The molecule has 2 nitrogen and oxygen atoms in total. The predicted octanol–water partition coefficient (Wildman–Crippen LogP) is 2.81. The van der Waals surface area contributed by atoms with Crippen LogP contribution in [0.5, 0.6) is 0 Å². The monoisotopic (exact) mass is 227 g/mol. The van der Waals surface area contributed by atoms with Crippen LogP contribution in [0.4, 0.5) is 0 Å². The van der Waals surface area contributed by atoms with Gasteiger partial charge in [-0.15, -0.1) is 0 Å². The lowest BCUT2D eigenvalue weighted by Gasteiger charge is -2.45. The van der Waals surface area contributed by atoms with Crippen molar-refractivity contribution in [1.29, 1.82) is 0 Å². The summed E-state index contributed by atoms with van der Waals surface area (Å²) in [6.45, 7) is 12.8. The van der Waals surface area contributed by atoms with E-state index in [2.05, 4.69) is 39.9 Å². The summed E-state index contributed by atoms with van der Waals surface area (Å²) in [5, 5.41) is 12.7. The maximum Gasteiger partial charge on any atom is 0.0468 e. The van der Waals surface area contributed by atoms with Gasteiger partial charge in [-0.2, -0.15) is 0 Å². The summed E-state index contributed by atoms with van der Waals surface area (Å²) in [6.07, 6.45) is 3.83. The molecule has 0 amide bonds. The van der Waals surface area contributed by atoms with Crippen LogP contribution in [0.25, 0.3) is 0 Å². The van der Waals surface area contributed by atoms with Crippen molar-refractivity contribution in [3.8, 4) is 0 Å². The first kappa shape index (κ1) is 14.0. The molecule has 2 N–H and O–H groups in total. The van der Waals surface area contributed by atoms with E-state index in [0.29, 0.717) is 22.8 Å². The van der Waals surface area contributed by atoms with E-state index >= 15 is 0 Å². The number of aliphatic hydroxyl groups excluding tert-OH is 1. The average Bonchev–Trinajstić information content (AvgIpc) is 2.09. The van der Waals surface area contributed by atoms with E-state index in [9.17, 15) is 0 Å². The van der Waals surface area contributed by atoms with E-state index in [4.69, 9.17) is 5.11 Å². The molecule has 0 saturated heterocycles. The molecule has 1 aliphatic carbocycles. The fraction of sp³-hybridized carbons (Fsp3) is 1.00. The lowest BCUT2D eigenvalue weighted by atomic mass is 9.63. The second-order valence-corrected chi connectivity index (χ2v) is 7.31. The van der Waals surface area contributed by atoms with Crippen molar-refractivity contribution in [1.82, 2.24) is 5.32 Å². The van der Waals surface area contributed by atoms with Crippen molar-refractivity contribution in [3.63, 3.8) is 0 Å². The van der Waals surface area contributed by atoms with Gasteiger partial charge in [0, 0.05) is 19.2 Å². The van der Waals surface area contributed by atoms with Crippen molar-refractivity contribution in [2.75, 3.05) is 13.2 Å². The van der Waals surface area contributed by atoms with Gasteiger partial charge in [-0.25, -0.2) is 0 Å². The van der Waals surface area contributed by atoms with Gasteiger partial charge in [0.1, 0.15) is 0 Å². The zero-order chi connectivity index (χ0) is 12.4. The Hall–Kier alpha value is -0.0800. The quantitative estimate of drug-likeness (QED) is 0.774. The molecule has 1 aliphatic rings. The van der Waals surface area contributed by atoms with Crippen LogP contribution in [0.15, 0.2) is 0 Å². The van der Waals surface area contributed by atoms with E-state index in [-0.39, 0.29) is 6.61 Å². The number of nitrogens with one attached hydrogen (secondary N) is 1. The molecule has 0 aromatic heterocycles. The Bertz CT molecular complexity index is 207. The molecule has 1 atom stereocenters. The minimum atomic E-state index is 0.284. The van der Waals surface area contributed by atoms with Gasteiger partial charge in [-0.1, -0.05) is 34.6 Å². The van der Waals surface area contributed by atoms with Crippen LogP contribution in [-0.4, -0.2) is 24.3 Å². The van der Waals surface area contributed by atoms with Gasteiger partial charge in [0.15, 0.2) is 0 Å². The fourth-order valence-electron chi connectivity index (χ4n) is 3.42. The first-order chi connectivity index (χ1) is 7.24. The van der Waals surface area contributed by atoms with E-state index in [1.807, 2.05) is 0 Å². The molecule has 0 spiro atoms. The summed E-state index contributed by atoms with van der Waals surface area (Å²) in [4.78, 5) is 0. The lowest BCUT2D eigenvalue weighted by Crippen LogP contribution is -2.45. The van der Waals surface area contributed by atoms with Crippen LogP contribution in [-0.2, 0) is 0 Å². The van der Waals surface area contributed by atoms with Gasteiger partial charge in [0.05, 0.1) is 0 Å². The first-order valence-electron chi connectivity index (χ1n) is 6.58. The lowest BCUT2D eigenvalue weighted by molar-refractivity contribution is 0.0821. The van der Waals surface area contributed by atoms with Gasteiger partial charge in [-0.05, 0) is 36.0 Å². The third kappa shape index (κ3) is 4.42. The van der Waals surface area contributed by atoms with Crippen LogP contribution in [0, 0.1) is 16.7 Å². The van der Waals surface area contributed by atoms with Gasteiger partial charge in [0.25, 0.3) is 0 Å². The van der Waals surface area contributed by atoms with Crippen molar-refractivity contribution in [2.24, 2.45) is 16.7 Å². The third-order valence-corrected chi connectivity index (χ3v) is 3.62. The SMILES string of the molecule is CC(CO)CNC1CC(C)(C)CC(C)(C)C1. The summed E-state index contributed by atoms with van der Waals surface area (Å²) in [5.41, 5.74) is 0.893. The Labute approximate surface area is 101 Å². The highest BCUT2D eigenvalue weighted by molar-refractivity contribution is 4.92. The van der Waals surface area contributed by atoms with E-state index in [1.165, 1.54) is 19.3 Å². The molecular formula is C14H29NO. The fourth-order valence-corrected chi connectivity index (χ4v) is 3.42. The Balaban J connectivity index is 2.48. The number of hydrogen-bond donors (Lipinski definition) is 2. The van der Waals surface area contributed by atoms with Crippen LogP contribution in [0.1, 0.15) is 53.9 Å². The standard InChI is InChI=1S/C14H29NO/c1-11(9-16)8-15-12-6-13(2,3)10-14(4,5)7-12/h11-12,15-16H,6-10H2,1-5H3. The number of rotatable bonds is 4. The zero-order valence-corrected chi connectivity index (χ0v) is 11.6. The second-order valence-electron chi connectivity index (χ2n) is 7.31. The molecule has 0 radical (unpaired) electrons. The van der Waals surface area contributed by atoms with Gasteiger partial charge in [0.2, 0.25) is 0 Å². The molecule has 96 valence electrons. The van der Waals surface area contributed by atoms with E-state index in [1.54, 1.807) is 0 Å². The summed E-state index contributed by atoms with van der Waals surface area (Å²) in [6, 6.07) is 0.618. The van der Waals surface area contributed by atoms with Crippen molar-refractivity contribution < 1.29 is 5.11 Å². The van der Waals surface area contributed by atoms with Crippen molar-refractivity contribution >= 4 is 0 Å². The normalized spacial score (nSPS) is 26.6. The molecule has 0 bridgehead atoms. The largest absolute Gasteiger partial charge is 0.396 e. The van der Waals surface area contributed by atoms with Crippen LogP contribution >= 0.6 is 0 Å². The second kappa shape index (κ2) is 5.05. The van der Waals surface area contributed by atoms with Gasteiger partial charge >= 0.3 is 0 Å². The average molecular weight is 227 g/mol. The summed E-state index contributed by atoms with van der Waals surface area (Å²) in [5.74, 6) is 0.369. The molecular weight excluding hydrogens is 198 g/mol. The van der Waals surface area contributed by atoms with Crippen molar-refractivity contribution in [3.05, 3.63) is 0 Å². The van der Waals surface area contributed by atoms with Crippen molar-refractivity contribution in [2.45, 2.75) is 59.9 Å². The molecule has 16 heavy (non-hydrogen) atoms. The molecule has 2 heteroatoms. The molecule has 0 aromatic rings. The highest BCUT2D eigenvalue weighted by Crippen LogP contribution is 2.45. The molecule has 0 heterocycles. The van der Waals surface area contributed by atoms with Crippen LogP contribution in [0.3, 0.4) is 0 Å². The maximum atomic E-state index is 9.03. The van der Waals surface area contributed by atoms with Gasteiger partial charge < -0.3 is 10.4 Å². The van der Waals surface area contributed by atoms with Crippen LogP contribution < -0.4 is 5.32 Å². The topological polar surface area (TPSA) is 32.3 Å². The highest BCUT2D eigenvalue weighted by atomic mass is 16.3. The zero-order valence-electron chi connectivity index (χ0n) is 11.6. The Kier molecular flexibility index (Phi) is 4.42. The smallest absolute Gasteiger partial charge is 0.0468 e. The Morgan fingerprint density at radius 3 is 2.12 bits per heavy atom. The molecule has 1 fully saturated rings. The first-order valence-corrected chi connectivity index (χ1v) is 6.58. The minimum Gasteiger partial charge on any atom is -0.396 e. The molecule has 0 aromatic carbocycles. The van der Waals surface area contributed by atoms with Gasteiger partial charge in [-0.3, -0.25) is 0 Å². The number of hydrogen-bond acceptors (Lipinski definition) is 2. The highest BCUT2D eigenvalue weighted by Gasteiger charge is 2.38. The van der Waals surface area contributed by atoms with Crippen LogP contribution in [0.2, 0.25) is 0 Å². The molecule has 0 aliphatic heterocycles. The van der Waals surface area contributed by atoms with E-state index < -0.39 is 0 Å². The molecule has 1 rings (SSSR count). The minimum absolute atomic E-state index is 0.284.